The molecule has 3 aromatic heterocycles. The highest BCUT2D eigenvalue weighted by Gasteiger charge is 2.11. The first-order chi connectivity index (χ1) is 11.3. The highest BCUT2D eigenvalue weighted by Crippen LogP contribution is 2.22. The number of nitrogens with zero attached hydrogens (tertiary/aromatic N) is 5. The summed E-state index contributed by atoms with van der Waals surface area (Å²) in [4.78, 5) is 4.77. The molecule has 0 atom stereocenters. The van der Waals surface area contributed by atoms with Crippen LogP contribution in [0.3, 0.4) is 0 Å². The number of hydrogen-bond donors (Lipinski definition) is 0. The normalized spacial score (nSPS) is 11.5. The molecular formula is C16H10ClN5S. The predicted octanol–water partition coefficient (Wildman–Crippen LogP) is 4.07. The first kappa shape index (κ1) is 14.0. The zero-order chi connectivity index (χ0) is 15.6. The van der Waals surface area contributed by atoms with Crippen LogP contribution in [0.25, 0.3) is 28.5 Å². The fraction of sp³-hybridized carbons (Fsp3) is 0. The van der Waals surface area contributed by atoms with Crippen LogP contribution in [0.15, 0.2) is 48.8 Å². The number of benzene rings is 1. The summed E-state index contributed by atoms with van der Waals surface area (Å²) in [5.41, 5.74) is 2.00. The maximum absolute atomic E-state index is 5.89. The second kappa shape index (κ2) is 5.91. The Labute approximate surface area is 140 Å². The number of rotatable bonds is 3. The SMILES string of the molecule is Clc1ccc(C=Cc2nn3c(-c4ccncc4)nnc3s2)cc1. The van der Waals surface area contributed by atoms with Gasteiger partial charge < -0.3 is 0 Å². The molecule has 0 fully saturated rings. The average Bonchev–Trinajstić information content (AvgIpc) is 3.15. The van der Waals surface area contributed by atoms with E-state index in [0.717, 1.165) is 26.1 Å². The first-order valence-corrected chi connectivity index (χ1v) is 8.05. The van der Waals surface area contributed by atoms with E-state index in [4.69, 9.17) is 11.6 Å². The minimum atomic E-state index is 0.713. The molecule has 23 heavy (non-hydrogen) atoms. The van der Waals surface area contributed by atoms with Gasteiger partial charge in [-0.1, -0.05) is 41.1 Å². The molecule has 3 heterocycles. The summed E-state index contributed by atoms with van der Waals surface area (Å²) in [5.74, 6) is 0.713. The van der Waals surface area contributed by atoms with E-state index in [9.17, 15) is 0 Å². The molecule has 1 aromatic carbocycles. The third kappa shape index (κ3) is 2.86. The molecule has 4 rings (SSSR count). The summed E-state index contributed by atoms with van der Waals surface area (Å²) in [6.45, 7) is 0. The predicted molar refractivity (Wildman–Crippen MR) is 92.3 cm³/mol. The molecule has 0 saturated carbocycles. The molecule has 4 aromatic rings. The Kier molecular flexibility index (Phi) is 3.61. The van der Waals surface area contributed by atoms with Crippen LogP contribution in [0, 0.1) is 0 Å². The zero-order valence-corrected chi connectivity index (χ0v) is 13.4. The van der Waals surface area contributed by atoms with Gasteiger partial charge in [-0.05, 0) is 35.9 Å². The van der Waals surface area contributed by atoms with Gasteiger partial charge in [0.25, 0.3) is 0 Å². The highest BCUT2D eigenvalue weighted by molar-refractivity contribution is 7.17. The lowest BCUT2D eigenvalue weighted by Crippen LogP contribution is -1.90. The summed E-state index contributed by atoms with van der Waals surface area (Å²) in [7, 11) is 0. The maximum Gasteiger partial charge on any atom is 0.235 e. The standard InChI is InChI=1S/C16H10ClN5S/c17-13-4-1-11(2-5-13)3-6-14-21-22-15(19-20-16(22)23-14)12-7-9-18-10-8-12/h1-10H. The van der Waals surface area contributed by atoms with E-state index >= 15 is 0 Å². The van der Waals surface area contributed by atoms with E-state index < -0.39 is 0 Å². The molecule has 0 saturated heterocycles. The molecule has 0 amide bonds. The summed E-state index contributed by atoms with van der Waals surface area (Å²) in [6.07, 6.45) is 7.40. The summed E-state index contributed by atoms with van der Waals surface area (Å²) < 4.78 is 1.75. The molecule has 0 aliphatic heterocycles. The van der Waals surface area contributed by atoms with E-state index in [-0.39, 0.29) is 0 Å². The van der Waals surface area contributed by atoms with Crippen molar-refractivity contribution in [2.45, 2.75) is 0 Å². The Hall–Kier alpha value is -2.57. The van der Waals surface area contributed by atoms with Gasteiger partial charge in [0.1, 0.15) is 5.01 Å². The summed E-state index contributed by atoms with van der Waals surface area (Å²) >= 11 is 7.37. The quantitative estimate of drug-likeness (QED) is 0.564. The van der Waals surface area contributed by atoms with Crippen LogP contribution in [0.1, 0.15) is 10.6 Å². The molecule has 0 aliphatic rings. The summed E-state index contributed by atoms with van der Waals surface area (Å²) in [6, 6.07) is 11.4. The molecule has 112 valence electrons. The molecule has 0 unspecified atom stereocenters. The van der Waals surface area contributed by atoms with Crippen LogP contribution in [0.2, 0.25) is 5.02 Å². The van der Waals surface area contributed by atoms with Crippen LogP contribution in [-0.2, 0) is 0 Å². The van der Waals surface area contributed by atoms with Gasteiger partial charge in [0.15, 0.2) is 5.82 Å². The monoisotopic (exact) mass is 339 g/mol. The Bertz CT molecular complexity index is 973. The molecule has 0 radical (unpaired) electrons. The fourth-order valence-electron chi connectivity index (χ4n) is 2.12. The second-order valence-electron chi connectivity index (χ2n) is 4.78. The van der Waals surface area contributed by atoms with Crippen molar-refractivity contribution in [2.75, 3.05) is 0 Å². The van der Waals surface area contributed by atoms with Crippen LogP contribution < -0.4 is 0 Å². The molecule has 0 bridgehead atoms. The zero-order valence-electron chi connectivity index (χ0n) is 11.8. The smallest absolute Gasteiger partial charge is 0.235 e. The van der Waals surface area contributed by atoms with Gasteiger partial charge in [-0.15, -0.1) is 10.2 Å². The molecular weight excluding hydrogens is 330 g/mol. The van der Waals surface area contributed by atoms with Crippen molar-refractivity contribution in [3.63, 3.8) is 0 Å². The molecule has 7 heteroatoms. The van der Waals surface area contributed by atoms with Gasteiger partial charge in [0.2, 0.25) is 4.96 Å². The van der Waals surface area contributed by atoms with Gasteiger partial charge in [0.05, 0.1) is 0 Å². The van der Waals surface area contributed by atoms with Crippen molar-refractivity contribution in [3.05, 3.63) is 64.4 Å². The highest BCUT2D eigenvalue weighted by atomic mass is 35.5. The topological polar surface area (TPSA) is 56.0 Å². The van der Waals surface area contributed by atoms with Crippen molar-refractivity contribution >= 4 is 40.1 Å². The second-order valence-corrected chi connectivity index (χ2v) is 6.20. The first-order valence-electron chi connectivity index (χ1n) is 6.86. The van der Waals surface area contributed by atoms with Crippen LogP contribution in [-0.4, -0.2) is 24.8 Å². The Morgan fingerprint density at radius 2 is 1.74 bits per heavy atom. The van der Waals surface area contributed by atoms with Gasteiger partial charge in [-0.25, -0.2) is 0 Å². The van der Waals surface area contributed by atoms with Crippen LogP contribution in [0.4, 0.5) is 0 Å². The van der Waals surface area contributed by atoms with Crippen LogP contribution >= 0.6 is 22.9 Å². The third-order valence-electron chi connectivity index (χ3n) is 3.23. The minimum absolute atomic E-state index is 0.713. The number of fused-ring (bicyclic) bond motifs is 1. The van der Waals surface area contributed by atoms with Gasteiger partial charge >= 0.3 is 0 Å². The lowest BCUT2D eigenvalue weighted by molar-refractivity contribution is 0.959. The Morgan fingerprint density at radius 3 is 2.52 bits per heavy atom. The number of hydrogen-bond acceptors (Lipinski definition) is 5. The van der Waals surface area contributed by atoms with E-state index in [1.165, 1.54) is 11.3 Å². The van der Waals surface area contributed by atoms with Crippen molar-refractivity contribution in [2.24, 2.45) is 0 Å². The minimum Gasteiger partial charge on any atom is -0.265 e. The molecule has 0 spiro atoms. The third-order valence-corrected chi connectivity index (χ3v) is 4.35. The molecule has 0 N–H and O–H groups in total. The van der Waals surface area contributed by atoms with E-state index in [2.05, 4.69) is 20.3 Å². The van der Waals surface area contributed by atoms with Crippen molar-refractivity contribution in [1.29, 1.82) is 0 Å². The van der Waals surface area contributed by atoms with Crippen molar-refractivity contribution in [3.8, 4) is 11.4 Å². The molecule has 0 aliphatic carbocycles. The lowest BCUT2D eigenvalue weighted by atomic mass is 10.2. The molecule has 5 nitrogen and oxygen atoms in total. The number of pyridine rings is 1. The van der Waals surface area contributed by atoms with E-state index in [1.807, 2.05) is 48.6 Å². The van der Waals surface area contributed by atoms with Gasteiger partial charge in [-0.2, -0.15) is 9.61 Å². The largest absolute Gasteiger partial charge is 0.265 e. The van der Waals surface area contributed by atoms with Crippen LogP contribution in [0.5, 0.6) is 0 Å². The summed E-state index contributed by atoms with van der Waals surface area (Å²) in [5, 5.41) is 14.5. The fourth-order valence-corrected chi connectivity index (χ4v) is 2.99. The maximum atomic E-state index is 5.89. The average molecular weight is 340 g/mol. The number of halogens is 1. The Morgan fingerprint density at radius 1 is 0.957 bits per heavy atom. The lowest BCUT2D eigenvalue weighted by Gasteiger charge is -1.94. The van der Waals surface area contributed by atoms with Gasteiger partial charge in [0, 0.05) is 23.0 Å². The van der Waals surface area contributed by atoms with Crippen molar-refractivity contribution in [1.82, 2.24) is 24.8 Å². The van der Waals surface area contributed by atoms with Gasteiger partial charge in [-0.3, -0.25) is 4.98 Å². The van der Waals surface area contributed by atoms with E-state index in [0.29, 0.717) is 5.82 Å². The number of aromatic nitrogens is 5. The van der Waals surface area contributed by atoms with E-state index in [1.54, 1.807) is 16.9 Å². The van der Waals surface area contributed by atoms with Crippen molar-refractivity contribution < 1.29 is 0 Å². The Balaban J connectivity index is 1.67.